The van der Waals surface area contributed by atoms with Crippen molar-refractivity contribution in [3.05, 3.63) is 17.0 Å². The molecule has 1 fully saturated rings. The van der Waals surface area contributed by atoms with Gasteiger partial charge in [0.05, 0.1) is 6.42 Å². The van der Waals surface area contributed by atoms with Crippen LogP contribution in [0.2, 0.25) is 0 Å². The number of carboxylic acids is 1. The lowest BCUT2D eigenvalue weighted by Gasteiger charge is -2.38. The first kappa shape index (κ1) is 16.4. The number of piperazine rings is 1. The van der Waals surface area contributed by atoms with Crippen LogP contribution in [0.1, 0.15) is 18.2 Å². The summed E-state index contributed by atoms with van der Waals surface area (Å²) in [4.78, 5) is 13.4. The van der Waals surface area contributed by atoms with E-state index < -0.39 is 16.0 Å². The summed E-state index contributed by atoms with van der Waals surface area (Å²) in [5.41, 5.74) is 0. The molecule has 1 aliphatic heterocycles. The topological polar surface area (TPSA) is 77.9 Å². The average Bonchev–Trinajstić information content (AvgIpc) is 2.87. The van der Waals surface area contributed by atoms with E-state index in [1.807, 2.05) is 14.0 Å². The van der Waals surface area contributed by atoms with Gasteiger partial charge in [0.2, 0.25) is 0 Å². The van der Waals surface area contributed by atoms with E-state index in [0.29, 0.717) is 24.5 Å². The number of carboxylic acid groups (broad SMARTS) is 1. The van der Waals surface area contributed by atoms with Crippen molar-refractivity contribution in [2.75, 3.05) is 26.7 Å². The monoisotopic (exact) mass is 332 g/mol. The van der Waals surface area contributed by atoms with Crippen LogP contribution in [0, 0.1) is 0 Å². The van der Waals surface area contributed by atoms with Crippen LogP contribution in [0.15, 0.2) is 16.3 Å². The molecule has 1 aromatic rings. The van der Waals surface area contributed by atoms with E-state index in [2.05, 4.69) is 4.90 Å². The maximum absolute atomic E-state index is 12.6. The highest BCUT2D eigenvalue weighted by molar-refractivity contribution is 7.91. The zero-order valence-electron chi connectivity index (χ0n) is 12.2. The van der Waals surface area contributed by atoms with E-state index in [4.69, 9.17) is 5.11 Å². The van der Waals surface area contributed by atoms with Crippen LogP contribution in [0.4, 0.5) is 0 Å². The van der Waals surface area contributed by atoms with Crippen LogP contribution >= 0.6 is 11.3 Å². The second-order valence-corrected chi connectivity index (χ2v) is 8.53. The molecule has 0 amide bonds. The minimum Gasteiger partial charge on any atom is -0.481 e. The fourth-order valence-corrected chi connectivity index (χ4v) is 5.41. The second kappa shape index (κ2) is 6.43. The highest BCUT2D eigenvalue weighted by Gasteiger charge is 2.32. The molecule has 0 spiro atoms. The summed E-state index contributed by atoms with van der Waals surface area (Å²) in [5, 5.41) is 8.76. The molecule has 1 aliphatic rings. The number of rotatable bonds is 5. The Morgan fingerprint density at radius 2 is 2.14 bits per heavy atom. The van der Waals surface area contributed by atoms with Crippen molar-refractivity contribution in [1.82, 2.24) is 9.21 Å². The van der Waals surface area contributed by atoms with Crippen LogP contribution in [-0.2, 0) is 21.2 Å². The SMILES string of the molecule is CCC1CN(S(=O)(=O)c2ccc(CC(=O)O)s2)CCN1C. The van der Waals surface area contributed by atoms with Gasteiger partial charge in [-0.15, -0.1) is 11.3 Å². The van der Waals surface area contributed by atoms with Crippen molar-refractivity contribution in [1.29, 1.82) is 0 Å². The zero-order valence-corrected chi connectivity index (χ0v) is 13.8. The van der Waals surface area contributed by atoms with Gasteiger partial charge in [-0.3, -0.25) is 4.79 Å². The Balaban J connectivity index is 2.18. The first-order chi connectivity index (χ1) is 9.84. The molecule has 1 saturated heterocycles. The Labute approximate surface area is 129 Å². The summed E-state index contributed by atoms with van der Waals surface area (Å²) in [7, 11) is -1.50. The molecule has 2 rings (SSSR count). The Bertz CT molecular complexity index is 611. The molecule has 21 heavy (non-hydrogen) atoms. The number of likely N-dealkylation sites (N-methyl/N-ethyl adjacent to an activating group) is 1. The molecule has 118 valence electrons. The highest BCUT2D eigenvalue weighted by Crippen LogP contribution is 2.27. The van der Waals surface area contributed by atoms with E-state index in [0.717, 1.165) is 17.8 Å². The summed E-state index contributed by atoms with van der Waals surface area (Å²) < 4.78 is 27.0. The summed E-state index contributed by atoms with van der Waals surface area (Å²) in [6.07, 6.45) is 0.762. The van der Waals surface area contributed by atoms with Gasteiger partial charge in [0.25, 0.3) is 10.0 Å². The van der Waals surface area contributed by atoms with Crippen LogP contribution in [0.3, 0.4) is 0 Å². The van der Waals surface area contributed by atoms with Gasteiger partial charge in [-0.05, 0) is 25.6 Å². The van der Waals surface area contributed by atoms with Crippen molar-refractivity contribution in [2.24, 2.45) is 0 Å². The van der Waals surface area contributed by atoms with Gasteiger partial charge in [0.15, 0.2) is 0 Å². The molecule has 0 aliphatic carbocycles. The number of thiophene rings is 1. The quantitative estimate of drug-likeness (QED) is 0.873. The summed E-state index contributed by atoms with van der Waals surface area (Å²) >= 11 is 1.05. The van der Waals surface area contributed by atoms with E-state index >= 15 is 0 Å². The molecule has 0 saturated carbocycles. The maximum atomic E-state index is 12.6. The van der Waals surface area contributed by atoms with E-state index in [9.17, 15) is 13.2 Å². The van der Waals surface area contributed by atoms with Gasteiger partial charge in [-0.2, -0.15) is 4.31 Å². The van der Waals surface area contributed by atoms with Crippen molar-refractivity contribution in [3.63, 3.8) is 0 Å². The zero-order chi connectivity index (χ0) is 15.6. The lowest BCUT2D eigenvalue weighted by molar-refractivity contribution is -0.136. The molecule has 1 N–H and O–H groups in total. The minimum atomic E-state index is -3.51. The first-order valence-corrected chi connectivity index (χ1v) is 9.11. The standard InChI is InChI=1S/C13H20N2O4S2/c1-3-10-9-15(7-6-14(10)2)21(18,19)13-5-4-11(20-13)8-12(16)17/h4-5,10H,3,6-9H2,1-2H3,(H,16,17). The third kappa shape index (κ3) is 3.63. The smallest absolute Gasteiger partial charge is 0.308 e. The predicted octanol–water partition coefficient (Wildman–Crippen LogP) is 1.09. The van der Waals surface area contributed by atoms with Gasteiger partial charge < -0.3 is 10.0 Å². The molecular weight excluding hydrogens is 312 g/mol. The highest BCUT2D eigenvalue weighted by atomic mass is 32.2. The number of hydrogen-bond donors (Lipinski definition) is 1. The van der Waals surface area contributed by atoms with Gasteiger partial charge >= 0.3 is 5.97 Å². The number of aliphatic carboxylic acids is 1. The van der Waals surface area contributed by atoms with Crippen molar-refractivity contribution in [2.45, 2.75) is 30.0 Å². The third-order valence-corrected chi connectivity index (χ3v) is 7.19. The van der Waals surface area contributed by atoms with Crippen molar-refractivity contribution < 1.29 is 18.3 Å². The number of nitrogens with zero attached hydrogens (tertiary/aromatic N) is 2. The largest absolute Gasteiger partial charge is 0.481 e. The molecular formula is C13H20N2O4S2. The average molecular weight is 332 g/mol. The first-order valence-electron chi connectivity index (χ1n) is 6.85. The van der Waals surface area contributed by atoms with E-state index in [1.54, 1.807) is 6.07 Å². The molecule has 8 heteroatoms. The van der Waals surface area contributed by atoms with Gasteiger partial charge in [0.1, 0.15) is 4.21 Å². The maximum Gasteiger partial charge on any atom is 0.308 e. The van der Waals surface area contributed by atoms with Crippen LogP contribution in [-0.4, -0.2) is 61.4 Å². The lowest BCUT2D eigenvalue weighted by atomic mass is 10.1. The van der Waals surface area contributed by atoms with Crippen LogP contribution in [0.25, 0.3) is 0 Å². The Kier molecular flexibility index (Phi) is 5.03. The molecule has 1 aromatic heterocycles. The van der Waals surface area contributed by atoms with Gasteiger partial charge in [-0.25, -0.2) is 8.42 Å². The van der Waals surface area contributed by atoms with Gasteiger partial charge in [0, 0.05) is 30.6 Å². The fourth-order valence-electron chi connectivity index (χ4n) is 2.44. The summed E-state index contributed by atoms with van der Waals surface area (Å²) in [5.74, 6) is -0.952. The lowest BCUT2D eigenvalue weighted by Crippen LogP contribution is -2.52. The number of hydrogen-bond acceptors (Lipinski definition) is 5. The van der Waals surface area contributed by atoms with E-state index in [1.165, 1.54) is 10.4 Å². The molecule has 0 radical (unpaired) electrons. The normalized spacial score (nSPS) is 21.5. The second-order valence-electron chi connectivity index (χ2n) is 5.20. The summed E-state index contributed by atoms with van der Waals surface area (Å²) in [6.45, 7) is 3.72. The third-order valence-electron chi connectivity index (χ3n) is 3.77. The van der Waals surface area contributed by atoms with Crippen molar-refractivity contribution >= 4 is 27.3 Å². The number of carbonyl (C=O) groups is 1. The Morgan fingerprint density at radius 1 is 1.43 bits per heavy atom. The summed E-state index contributed by atoms with van der Waals surface area (Å²) in [6, 6.07) is 3.32. The Hall–Kier alpha value is -0.960. The molecule has 0 aromatic carbocycles. The fraction of sp³-hybridized carbons (Fsp3) is 0.615. The molecule has 6 nitrogen and oxygen atoms in total. The molecule has 0 bridgehead atoms. The predicted molar refractivity (Wildman–Crippen MR) is 81.1 cm³/mol. The van der Waals surface area contributed by atoms with Crippen molar-refractivity contribution in [3.8, 4) is 0 Å². The molecule has 1 unspecified atom stereocenters. The van der Waals surface area contributed by atoms with Crippen LogP contribution in [0.5, 0.6) is 0 Å². The minimum absolute atomic E-state index is 0.138. The van der Waals surface area contributed by atoms with Crippen LogP contribution < -0.4 is 0 Å². The Morgan fingerprint density at radius 3 is 2.76 bits per heavy atom. The molecule has 2 heterocycles. The van der Waals surface area contributed by atoms with Gasteiger partial charge in [-0.1, -0.05) is 6.92 Å². The number of sulfonamides is 1. The van der Waals surface area contributed by atoms with E-state index in [-0.39, 0.29) is 16.7 Å². The molecule has 1 atom stereocenters.